The lowest BCUT2D eigenvalue weighted by molar-refractivity contribution is -0.139. The number of esters is 1. The van der Waals surface area contributed by atoms with E-state index in [0.717, 1.165) is 22.1 Å². The van der Waals surface area contributed by atoms with Gasteiger partial charge in [-0.15, -0.1) is 0 Å². The average Bonchev–Trinajstić information content (AvgIpc) is 3.01. The molecule has 2 aliphatic heterocycles. The van der Waals surface area contributed by atoms with Crippen molar-refractivity contribution in [3.8, 4) is 0 Å². The lowest BCUT2D eigenvalue weighted by Gasteiger charge is -2.33. The summed E-state index contributed by atoms with van der Waals surface area (Å²) in [6.07, 6.45) is 1.97. The molecule has 0 spiro atoms. The van der Waals surface area contributed by atoms with Gasteiger partial charge in [0.1, 0.15) is 0 Å². The zero-order valence-electron chi connectivity index (χ0n) is 14.3. The molecule has 2 aliphatic rings. The number of allylic oxidation sites excluding steroid dienone is 1. The van der Waals surface area contributed by atoms with Crippen molar-refractivity contribution in [2.45, 2.75) is 19.9 Å². The number of thioether (sulfide) groups is 1. The molecule has 0 unspecified atom stereocenters. The van der Waals surface area contributed by atoms with Crippen LogP contribution in [-0.4, -0.2) is 36.7 Å². The van der Waals surface area contributed by atoms with Gasteiger partial charge in [0.05, 0.1) is 23.9 Å². The van der Waals surface area contributed by atoms with E-state index < -0.39 is 0 Å². The topological polar surface area (TPSA) is 45.1 Å². The summed E-state index contributed by atoms with van der Waals surface area (Å²) in [6.45, 7) is 4.04. The van der Waals surface area contributed by atoms with Gasteiger partial charge in [0, 0.05) is 26.0 Å². The Bertz CT molecular complexity index is 735. The van der Waals surface area contributed by atoms with E-state index >= 15 is 0 Å². The Labute approximate surface area is 146 Å². The minimum absolute atomic E-state index is 0.209. The van der Waals surface area contributed by atoms with Gasteiger partial charge in [-0.25, -0.2) is 9.79 Å². The van der Waals surface area contributed by atoms with E-state index in [1.807, 2.05) is 44.5 Å². The van der Waals surface area contributed by atoms with Crippen LogP contribution in [0.25, 0.3) is 0 Å². The molecule has 0 saturated heterocycles. The predicted molar refractivity (Wildman–Crippen MR) is 98.8 cm³/mol. The number of carbonyl (C=O) groups excluding carboxylic acids is 1. The van der Waals surface area contributed by atoms with Crippen molar-refractivity contribution in [3.63, 3.8) is 0 Å². The van der Waals surface area contributed by atoms with Crippen molar-refractivity contribution < 1.29 is 9.53 Å². The lowest BCUT2D eigenvalue weighted by atomic mass is 9.94. The predicted octanol–water partition coefficient (Wildman–Crippen LogP) is 3.52. The summed E-state index contributed by atoms with van der Waals surface area (Å²) in [5.41, 5.74) is 3.48. The van der Waals surface area contributed by atoms with Crippen LogP contribution in [0.1, 0.15) is 25.5 Å². The van der Waals surface area contributed by atoms with Crippen LogP contribution in [0, 0.1) is 0 Å². The van der Waals surface area contributed by atoms with Gasteiger partial charge >= 0.3 is 5.97 Å². The maximum Gasteiger partial charge on any atom is 0.338 e. The highest BCUT2D eigenvalue weighted by atomic mass is 32.2. The molecule has 0 aliphatic carbocycles. The summed E-state index contributed by atoms with van der Waals surface area (Å²) >= 11 is 1.56. The van der Waals surface area contributed by atoms with E-state index in [9.17, 15) is 4.79 Å². The third-order valence-corrected chi connectivity index (χ3v) is 4.81. The van der Waals surface area contributed by atoms with Gasteiger partial charge in [-0.2, -0.15) is 0 Å². The van der Waals surface area contributed by atoms with Gasteiger partial charge < -0.3 is 14.5 Å². The van der Waals surface area contributed by atoms with E-state index in [1.165, 1.54) is 0 Å². The Hall–Kier alpha value is -2.21. The maximum atomic E-state index is 12.5. The first kappa shape index (κ1) is 16.6. The number of hydrogen-bond donors (Lipinski definition) is 0. The van der Waals surface area contributed by atoms with Crippen molar-refractivity contribution in [2.75, 3.05) is 25.6 Å². The second-order valence-electron chi connectivity index (χ2n) is 5.81. The van der Waals surface area contributed by atoms with Gasteiger partial charge in [-0.1, -0.05) is 23.9 Å². The molecule has 2 heterocycles. The van der Waals surface area contributed by atoms with E-state index in [2.05, 4.69) is 34.2 Å². The summed E-state index contributed by atoms with van der Waals surface area (Å²) < 4.78 is 5.28. The fourth-order valence-corrected chi connectivity index (χ4v) is 3.64. The number of anilines is 1. The van der Waals surface area contributed by atoms with Crippen molar-refractivity contribution in [1.29, 1.82) is 0 Å². The molecule has 0 aromatic heterocycles. The summed E-state index contributed by atoms with van der Waals surface area (Å²) in [6, 6.07) is 8.04. The van der Waals surface area contributed by atoms with Crippen LogP contribution >= 0.6 is 11.8 Å². The molecule has 1 aromatic carbocycles. The number of amidine groups is 1. The highest BCUT2D eigenvalue weighted by Gasteiger charge is 2.37. The van der Waals surface area contributed by atoms with Gasteiger partial charge in [-0.05, 0) is 37.0 Å². The first-order valence-corrected chi connectivity index (χ1v) is 8.76. The van der Waals surface area contributed by atoms with Crippen LogP contribution in [0.15, 0.2) is 52.1 Å². The Morgan fingerprint density at radius 2 is 2.04 bits per heavy atom. The van der Waals surface area contributed by atoms with Crippen molar-refractivity contribution in [1.82, 2.24) is 4.90 Å². The minimum atomic E-state index is -0.301. The van der Waals surface area contributed by atoms with Crippen molar-refractivity contribution in [2.24, 2.45) is 4.99 Å². The highest BCUT2D eigenvalue weighted by Crippen LogP contribution is 2.41. The standard InChI is InChI=1S/C18H21N3O2S/c1-5-23-17(22)15-12(2)19-18-21(10-11-24-18)16(15)13-6-8-14(9-7-13)20(3)4/h6-11,16H,5H2,1-4H3/t16-/m1/s1. The van der Waals surface area contributed by atoms with E-state index in [0.29, 0.717) is 12.2 Å². The van der Waals surface area contributed by atoms with E-state index in [4.69, 9.17) is 4.74 Å². The monoisotopic (exact) mass is 343 g/mol. The first-order valence-electron chi connectivity index (χ1n) is 7.88. The SMILES string of the molecule is CCOC(=O)C1=C(C)N=C2SC=CN2[C@@H]1c1ccc(N(C)C)cc1. The third kappa shape index (κ3) is 2.94. The number of rotatable bonds is 4. The summed E-state index contributed by atoms with van der Waals surface area (Å²) in [7, 11) is 4.02. The largest absolute Gasteiger partial charge is 0.463 e. The Morgan fingerprint density at radius 1 is 1.33 bits per heavy atom. The molecule has 3 rings (SSSR count). The molecule has 1 aromatic rings. The molecule has 24 heavy (non-hydrogen) atoms. The molecule has 0 radical (unpaired) electrons. The molecular formula is C18H21N3O2S. The number of carbonyl (C=O) groups is 1. The van der Waals surface area contributed by atoms with Gasteiger partial charge in [0.2, 0.25) is 0 Å². The smallest absolute Gasteiger partial charge is 0.338 e. The van der Waals surface area contributed by atoms with Crippen LogP contribution in [0.4, 0.5) is 5.69 Å². The number of nitrogens with zero attached hydrogens (tertiary/aromatic N) is 3. The van der Waals surface area contributed by atoms with E-state index in [1.54, 1.807) is 11.8 Å². The zero-order valence-corrected chi connectivity index (χ0v) is 15.1. The van der Waals surface area contributed by atoms with E-state index in [-0.39, 0.29) is 12.0 Å². The summed E-state index contributed by atoms with van der Waals surface area (Å²) in [5, 5.41) is 2.88. The van der Waals surface area contributed by atoms with Crippen molar-refractivity contribution >= 4 is 28.6 Å². The van der Waals surface area contributed by atoms with Crippen LogP contribution in [0.5, 0.6) is 0 Å². The molecule has 0 bridgehead atoms. The quantitative estimate of drug-likeness (QED) is 0.783. The number of ether oxygens (including phenoxy) is 1. The summed E-state index contributed by atoms with van der Waals surface area (Å²) in [4.78, 5) is 21.2. The molecular weight excluding hydrogens is 322 g/mol. The molecule has 1 atom stereocenters. The second-order valence-corrected chi connectivity index (χ2v) is 6.69. The fourth-order valence-electron chi connectivity index (χ4n) is 2.85. The van der Waals surface area contributed by atoms with Gasteiger partial charge in [0.15, 0.2) is 5.17 Å². The lowest BCUT2D eigenvalue weighted by Crippen LogP contribution is -2.34. The Kier molecular flexibility index (Phi) is 4.66. The minimum Gasteiger partial charge on any atom is -0.463 e. The van der Waals surface area contributed by atoms with Crippen LogP contribution in [-0.2, 0) is 9.53 Å². The number of aliphatic imine (C=N–C) groups is 1. The molecule has 0 amide bonds. The second kappa shape index (κ2) is 6.73. The third-order valence-electron chi connectivity index (χ3n) is 4.04. The highest BCUT2D eigenvalue weighted by molar-refractivity contribution is 8.16. The Balaban J connectivity index is 2.05. The number of hydrogen-bond acceptors (Lipinski definition) is 6. The molecule has 5 nitrogen and oxygen atoms in total. The van der Waals surface area contributed by atoms with Gasteiger partial charge in [0.25, 0.3) is 0 Å². The van der Waals surface area contributed by atoms with Crippen LogP contribution in [0.3, 0.4) is 0 Å². The number of benzene rings is 1. The zero-order chi connectivity index (χ0) is 17.3. The molecule has 0 fully saturated rings. The Morgan fingerprint density at radius 3 is 2.67 bits per heavy atom. The number of fused-ring (bicyclic) bond motifs is 1. The molecule has 126 valence electrons. The molecule has 0 saturated carbocycles. The summed E-state index contributed by atoms with van der Waals surface area (Å²) in [5.74, 6) is -0.301. The fraction of sp³-hybridized carbons (Fsp3) is 0.333. The first-order chi connectivity index (χ1) is 11.5. The maximum absolute atomic E-state index is 12.5. The average molecular weight is 343 g/mol. The van der Waals surface area contributed by atoms with Crippen LogP contribution < -0.4 is 4.90 Å². The molecule has 0 N–H and O–H groups in total. The normalized spacial score (nSPS) is 19.2. The molecule has 6 heteroatoms. The van der Waals surface area contributed by atoms with Gasteiger partial charge in [-0.3, -0.25) is 0 Å². The van der Waals surface area contributed by atoms with Crippen LogP contribution in [0.2, 0.25) is 0 Å². The van der Waals surface area contributed by atoms with Crippen molar-refractivity contribution in [3.05, 3.63) is 52.7 Å².